The summed E-state index contributed by atoms with van der Waals surface area (Å²) in [7, 11) is 0. The molecule has 0 aromatic carbocycles. The maximum Gasteiger partial charge on any atom is 0.283 e. The quantitative estimate of drug-likeness (QED) is 0.792. The van der Waals surface area contributed by atoms with Crippen molar-refractivity contribution in [2.24, 2.45) is 0 Å². The standard InChI is InChI=1S/C14H23BrN4O2/c1-2-5-16-11-3-6-18(7-4-11)12-10-17-19(8-9-20)14(21)13(12)15/h10-11,16,20H,2-9H2,1H3. The summed E-state index contributed by atoms with van der Waals surface area (Å²) in [6.07, 6.45) is 5.01. The Balaban J connectivity index is 2.03. The number of hydrogen-bond acceptors (Lipinski definition) is 5. The highest BCUT2D eigenvalue weighted by molar-refractivity contribution is 9.10. The van der Waals surface area contributed by atoms with Gasteiger partial charge in [-0.2, -0.15) is 5.10 Å². The minimum Gasteiger partial charge on any atom is -0.394 e. The summed E-state index contributed by atoms with van der Waals surface area (Å²) in [6, 6.07) is 0.572. The molecule has 2 rings (SSSR count). The summed E-state index contributed by atoms with van der Waals surface area (Å²) < 4.78 is 1.81. The number of anilines is 1. The highest BCUT2D eigenvalue weighted by atomic mass is 79.9. The van der Waals surface area contributed by atoms with Crippen LogP contribution in [0.25, 0.3) is 0 Å². The fourth-order valence-electron chi connectivity index (χ4n) is 2.60. The van der Waals surface area contributed by atoms with Crippen LogP contribution in [0.15, 0.2) is 15.5 Å². The first-order valence-corrected chi connectivity index (χ1v) is 8.31. The average molecular weight is 359 g/mol. The maximum absolute atomic E-state index is 12.1. The molecular formula is C14H23BrN4O2. The number of aromatic nitrogens is 2. The molecule has 0 radical (unpaired) electrons. The third kappa shape index (κ3) is 4.05. The van der Waals surface area contributed by atoms with Gasteiger partial charge in [0, 0.05) is 19.1 Å². The Morgan fingerprint density at radius 1 is 1.48 bits per heavy atom. The van der Waals surface area contributed by atoms with E-state index < -0.39 is 0 Å². The van der Waals surface area contributed by atoms with E-state index in [0.29, 0.717) is 10.5 Å². The molecule has 2 N–H and O–H groups in total. The topological polar surface area (TPSA) is 70.4 Å². The predicted molar refractivity (Wildman–Crippen MR) is 86.8 cm³/mol. The molecule has 1 fully saturated rings. The van der Waals surface area contributed by atoms with Crippen LogP contribution in [0.1, 0.15) is 26.2 Å². The molecule has 21 heavy (non-hydrogen) atoms. The van der Waals surface area contributed by atoms with Gasteiger partial charge in [-0.05, 0) is 41.7 Å². The van der Waals surface area contributed by atoms with Crippen molar-refractivity contribution in [2.45, 2.75) is 38.8 Å². The lowest BCUT2D eigenvalue weighted by Crippen LogP contribution is -2.43. The Morgan fingerprint density at radius 3 is 2.81 bits per heavy atom. The Hall–Kier alpha value is -0.920. The Labute approximate surface area is 133 Å². The minimum absolute atomic E-state index is 0.0901. The summed E-state index contributed by atoms with van der Waals surface area (Å²) in [5.41, 5.74) is 0.663. The van der Waals surface area contributed by atoms with E-state index in [4.69, 9.17) is 5.11 Å². The van der Waals surface area contributed by atoms with Gasteiger partial charge in [0.1, 0.15) is 4.47 Å². The highest BCUT2D eigenvalue weighted by Gasteiger charge is 2.21. The minimum atomic E-state index is -0.187. The SMILES string of the molecule is CCCNC1CCN(c2cnn(CCO)c(=O)c2Br)CC1. The molecule has 1 aliphatic rings. The zero-order valence-electron chi connectivity index (χ0n) is 12.4. The lowest BCUT2D eigenvalue weighted by atomic mass is 10.0. The van der Waals surface area contributed by atoms with Gasteiger partial charge in [0.15, 0.2) is 0 Å². The summed E-state index contributed by atoms with van der Waals surface area (Å²) in [6.45, 7) is 5.21. The van der Waals surface area contributed by atoms with Crippen molar-refractivity contribution in [3.8, 4) is 0 Å². The van der Waals surface area contributed by atoms with Crippen molar-refractivity contribution < 1.29 is 5.11 Å². The van der Waals surface area contributed by atoms with Crippen molar-refractivity contribution in [3.05, 3.63) is 21.0 Å². The number of aliphatic hydroxyl groups is 1. The number of rotatable bonds is 6. The van der Waals surface area contributed by atoms with Crippen molar-refractivity contribution in [1.82, 2.24) is 15.1 Å². The second-order valence-corrected chi connectivity index (χ2v) is 6.10. The van der Waals surface area contributed by atoms with Gasteiger partial charge in [0.05, 0.1) is 25.0 Å². The Morgan fingerprint density at radius 2 is 2.19 bits per heavy atom. The van der Waals surface area contributed by atoms with Crippen molar-refractivity contribution >= 4 is 21.6 Å². The molecule has 0 amide bonds. The molecule has 7 heteroatoms. The normalized spacial score (nSPS) is 16.4. The lowest BCUT2D eigenvalue weighted by Gasteiger charge is -2.34. The van der Waals surface area contributed by atoms with Crippen molar-refractivity contribution in [2.75, 3.05) is 31.1 Å². The Kier molecular flexibility index (Phi) is 6.20. The molecule has 1 aromatic rings. The zero-order chi connectivity index (χ0) is 15.2. The molecule has 1 saturated heterocycles. The first-order valence-electron chi connectivity index (χ1n) is 7.52. The molecular weight excluding hydrogens is 336 g/mol. The lowest BCUT2D eigenvalue weighted by molar-refractivity contribution is 0.266. The van der Waals surface area contributed by atoms with Crippen LogP contribution in [0.2, 0.25) is 0 Å². The third-order valence-electron chi connectivity index (χ3n) is 3.80. The summed E-state index contributed by atoms with van der Waals surface area (Å²) in [5.74, 6) is 0. The van der Waals surface area contributed by atoms with Crippen LogP contribution in [-0.4, -0.2) is 47.2 Å². The molecule has 1 aliphatic heterocycles. The van der Waals surface area contributed by atoms with Gasteiger partial charge >= 0.3 is 0 Å². The van der Waals surface area contributed by atoms with Gasteiger partial charge in [0.2, 0.25) is 0 Å². The van der Waals surface area contributed by atoms with E-state index in [1.807, 2.05) is 0 Å². The number of piperidine rings is 1. The van der Waals surface area contributed by atoms with Crippen LogP contribution in [0.4, 0.5) is 5.69 Å². The van der Waals surface area contributed by atoms with Crippen LogP contribution in [0.5, 0.6) is 0 Å². The molecule has 6 nitrogen and oxygen atoms in total. The van der Waals surface area contributed by atoms with Gasteiger partial charge < -0.3 is 15.3 Å². The van der Waals surface area contributed by atoms with E-state index >= 15 is 0 Å². The number of hydrogen-bond donors (Lipinski definition) is 2. The van der Waals surface area contributed by atoms with Gasteiger partial charge in [-0.1, -0.05) is 6.92 Å². The second kappa shape index (κ2) is 7.91. The molecule has 0 unspecified atom stereocenters. The van der Waals surface area contributed by atoms with E-state index in [2.05, 4.69) is 38.2 Å². The van der Waals surface area contributed by atoms with Crippen LogP contribution in [0, 0.1) is 0 Å². The fraction of sp³-hybridized carbons (Fsp3) is 0.714. The van der Waals surface area contributed by atoms with E-state index in [9.17, 15) is 4.79 Å². The number of halogens is 1. The monoisotopic (exact) mass is 358 g/mol. The van der Waals surface area contributed by atoms with E-state index in [1.54, 1.807) is 6.20 Å². The van der Waals surface area contributed by atoms with E-state index in [0.717, 1.165) is 44.6 Å². The molecule has 118 valence electrons. The van der Waals surface area contributed by atoms with E-state index in [-0.39, 0.29) is 18.7 Å². The third-order valence-corrected chi connectivity index (χ3v) is 4.54. The molecule has 0 saturated carbocycles. The first-order chi connectivity index (χ1) is 10.2. The van der Waals surface area contributed by atoms with Crippen molar-refractivity contribution in [3.63, 3.8) is 0 Å². The molecule has 0 spiro atoms. The van der Waals surface area contributed by atoms with E-state index in [1.165, 1.54) is 4.68 Å². The number of nitrogens with one attached hydrogen (secondary N) is 1. The van der Waals surface area contributed by atoms with Crippen LogP contribution in [-0.2, 0) is 6.54 Å². The van der Waals surface area contributed by atoms with Gasteiger partial charge in [0.25, 0.3) is 5.56 Å². The van der Waals surface area contributed by atoms with Crippen LogP contribution < -0.4 is 15.8 Å². The molecule has 0 bridgehead atoms. The maximum atomic E-state index is 12.1. The number of aliphatic hydroxyl groups excluding tert-OH is 1. The van der Waals surface area contributed by atoms with Crippen LogP contribution in [0.3, 0.4) is 0 Å². The summed E-state index contributed by atoms with van der Waals surface area (Å²) >= 11 is 3.38. The number of nitrogens with zero attached hydrogens (tertiary/aromatic N) is 3. The average Bonchev–Trinajstić information content (AvgIpc) is 2.51. The largest absolute Gasteiger partial charge is 0.394 e. The zero-order valence-corrected chi connectivity index (χ0v) is 14.0. The second-order valence-electron chi connectivity index (χ2n) is 5.31. The summed E-state index contributed by atoms with van der Waals surface area (Å²) in [4.78, 5) is 14.3. The Bertz CT molecular complexity index is 512. The van der Waals surface area contributed by atoms with Gasteiger partial charge in [-0.15, -0.1) is 0 Å². The van der Waals surface area contributed by atoms with Gasteiger partial charge in [-0.25, -0.2) is 4.68 Å². The predicted octanol–water partition coefficient (Wildman–Crippen LogP) is 0.966. The summed E-state index contributed by atoms with van der Waals surface area (Å²) in [5, 5.41) is 16.6. The van der Waals surface area contributed by atoms with Gasteiger partial charge in [-0.3, -0.25) is 4.79 Å². The van der Waals surface area contributed by atoms with Crippen LogP contribution >= 0.6 is 15.9 Å². The molecule has 1 aromatic heterocycles. The first kappa shape index (κ1) is 16.5. The molecule has 0 aliphatic carbocycles. The fourth-order valence-corrected chi connectivity index (χ4v) is 3.16. The molecule has 2 heterocycles. The molecule has 0 atom stereocenters. The smallest absolute Gasteiger partial charge is 0.283 e. The highest BCUT2D eigenvalue weighted by Crippen LogP contribution is 2.25. The van der Waals surface area contributed by atoms with Crippen molar-refractivity contribution in [1.29, 1.82) is 0 Å².